The summed E-state index contributed by atoms with van der Waals surface area (Å²) in [6.45, 7) is 0. The summed E-state index contributed by atoms with van der Waals surface area (Å²) in [5, 5.41) is 0.948. The number of nitrogens with zero attached hydrogens (tertiary/aromatic N) is 3. The lowest BCUT2D eigenvalue weighted by molar-refractivity contribution is 1.08. The summed E-state index contributed by atoms with van der Waals surface area (Å²) in [5.41, 5.74) is 5.71. The highest BCUT2D eigenvalue weighted by Gasteiger charge is 2.09. The molecule has 0 bridgehead atoms. The molecule has 4 nitrogen and oxygen atoms in total. The fraction of sp³-hybridized carbons (Fsp3) is 0.133. The van der Waals surface area contributed by atoms with E-state index in [9.17, 15) is 0 Å². The summed E-state index contributed by atoms with van der Waals surface area (Å²) >= 11 is 1.71. The van der Waals surface area contributed by atoms with Crippen LogP contribution in [0.25, 0.3) is 17.2 Å². The van der Waals surface area contributed by atoms with Gasteiger partial charge in [-0.25, -0.2) is 15.0 Å². The molecule has 5 heteroatoms. The normalized spacial score (nSPS) is 13.0. The Labute approximate surface area is 120 Å². The average Bonchev–Trinajstić information content (AvgIpc) is 3.13. The first-order valence-electron chi connectivity index (χ1n) is 6.45. The molecule has 0 spiro atoms. The van der Waals surface area contributed by atoms with Crippen LogP contribution in [0.5, 0.6) is 0 Å². The molecule has 1 aliphatic rings. The van der Waals surface area contributed by atoms with Crippen LogP contribution in [0.3, 0.4) is 0 Å². The standard InChI is InChI=1S/C15H12N4S/c1-2-11-5-4-10(6-12(11)3-1)7-20-15-13-14(17-8-16-13)18-9-19-15/h1,3-6,8-9H,2,7H2,(H,16,17,18,19). The number of H-pyrrole nitrogens is 1. The number of thioether (sulfide) groups is 1. The maximum Gasteiger partial charge on any atom is 0.181 e. The van der Waals surface area contributed by atoms with Gasteiger partial charge in [-0.05, 0) is 23.1 Å². The number of aromatic nitrogens is 4. The van der Waals surface area contributed by atoms with Crippen LogP contribution >= 0.6 is 11.8 Å². The number of benzene rings is 1. The highest BCUT2D eigenvalue weighted by Crippen LogP contribution is 2.27. The third-order valence-corrected chi connectivity index (χ3v) is 4.47. The number of nitrogens with one attached hydrogen (secondary N) is 1. The van der Waals surface area contributed by atoms with E-state index in [1.807, 2.05) is 0 Å². The van der Waals surface area contributed by atoms with Crippen molar-refractivity contribution >= 4 is 29.0 Å². The van der Waals surface area contributed by atoms with Gasteiger partial charge in [-0.3, -0.25) is 0 Å². The first kappa shape index (κ1) is 11.7. The summed E-state index contributed by atoms with van der Waals surface area (Å²) in [7, 11) is 0. The first-order valence-corrected chi connectivity index (χ1v) is 7.44. The van der Waals surface area contributed by atoms with Gasteiger partial charge in [-0.15, -0.1) is 0 Å². The second-order valence-corrected chi connectivity index (χ2v) is 5.67. The van der Waals surface area contributed by atoms with E-state index in [0.717, 1.165) is 28.4 Å². The molecule has 3 aromatic rings. The van der Waals surface area contributed by atoms with E-state index in [2.05, 4.69) is 50.3 Å². The number of imidazole rings is 1. The van der Waals surface area contributed by atoms with Crippen molar-refractivity contribution in [3.8, 4) is 0 Å². The van der Waals surface area contributed by atoms with Crippen LogP contribution in [0.4, 0.5) is 0 Å². The second-order valence-electron chi connectivity index (χ2n) is 4.71. The number of aromatic amines is 1. The number of hydrogen-bond acceptors (Lipinski definition) is 4. The van der Waals surface area contributed by atoms with Gasteiger partial charge in [0.2, 0.25) is 0 Å². The van der Waals surface area contributed by atoms with E-state index in [-0.39, 0.29) is 0 Å². The predicted octanol–water partition coefficient (Wildman–Crippen LogP) is 3.21. The average molecular weight is 280 g/mol. The Kier molecular flexibility index (Phi) is 2.77. The van der Waals surface area contributed by atoms with Crippen LogP contribution in [0.15, 0.2) is 42.0 Å². The van der Waals surface area contributed by atoms with E-state index in [4.69, 9.17) is 0 Å². The Bertz CT molecular complexity index is 806. The Morgan fingerprint density at radius 3 is 3.20 bits per heavy atom. The minimum atomic E-state index is 0.722. The minimum Gasteiger partial charge on any atom is -0.341 e. The molecule has 0 unspecified atom stereocenters. The van der Waals surface area contributed by atoms with Crippen LogP contribution in [0.1, 0.15) is 16.7 Å². The molecular weight excluding hydrogens is 268 g/mol. The molecule has 4 rings (SSSR count). The van der Waals surface area contributed by atoms with Gasteiger partial charge in [-0.2, -0.15) is 0 Å². The molecule has 2 heterocycles. The van der Waals surface area contributed by atoms with Gasteiger partial charge in [0.1, 0.15) is 16.9 Å². The molecule has 1 aliphatic carbocycles. The number of allylic oxidation sites excluding steroid dienone is 1. The molecule has 20 heavy (non-hydrogen) atoms. The predicted molar refractivity (Wildman–Crippen MR) is 80.4 cm³/mol. The minimum absolute atomic E-state index is 0.722. The monoisotopic (exact) mass is 280 g/mol. The SMILES string of the molecule is C1=Cc2cc(CSc3ncnc4nc[nH]c34)ccc2C1. The van der Waals surface area contributed by atoms with E-state index < -0.39 is 0 Å². The summed E-state index contributed by atoms with van der Waals surface area (Å²) in [5.74, 6) is 0.895. The van der Waals surface area contributed by atoms with E-state index in [0.29, 0.717) is 0 Å². The molecule has 0 radical (unpaired) electrons. The van der Waals surface area contributed by atoms with Crippen molar-refractivity contribution in [1.82, 2.24) is 19.9 Å². The lowest BCUT2D eigenvalue weighted by Gasteiger charge is -2.05. The molecule has 1 N–H and O–H groups in total. The lowest BCUT2D eigenvalue weighted by Crippen LogP contribution is -1.89. The third-order valence-electron chi connectivity index (χ3n) is 3.41. The molecule has 0 saturated heterocycles. The molecule has 0 fully saturated rings. The maximum absolute atomic E-state index is 4.33. The van der Waals surface area contributed by atoms with E-state index >= 15 is 0 Å². The first-order chi connectivity index (χ1) is 9.90. The Hall–Kier alpha value is -2.14. The lowest BCUT2D eigenvalue weighted by atomic mass is 10.1. The Balaban J connectivity index is 1.58. The second kappa shape index (κ2) is 4.76. The maximum atomic E-state index is 4.33. The smallest absolute Gasteiger partial charge is 0.181 e. The number of fused-ring (bicyclic) bond motifs is 2. The molecule has 0 atom stereocenters. The van der Waals surface area contributed by atoms with E-state index in [1.54, 1.807) is 24.4 Å². The fourth-order valence-electron chi connectivity index (χ4n) is 2.39. The van der Waals surface area contributed by atoms with Crippen LogP contribution in [-0.4, -0.2) is 19.9 Å². The van der Waals surface area contributed by atoms with Crippen molar-refractivity contribution in [2.45, 2.75) is 17.2 Å². The van der Waals surface area contributed by atoms with Crippen molar-refractivity contribution < 1.29 is 0 Å². The van der Waals surface area contributed by atoms with Crippen LogP contribution < -0.4 is 0 Å². The van der Waals surface area contributed by atoms with Crippen molar-refractivity contribution in [3.63, 3.8) is 0 Å². The number of rotatable bonds is 3. The van der Waals surface area contributed by atoms with Gasteiger partial charge >= 0.3 is 0 Å². The molecule has 98 valence electrons. The summed E-state index contributed by atoms with van der Waals surface area (Å²) in [6, 6.07) is 6.68. The zero-order valence-corrected chi connectivity index (χ0v) is 11.5. The molecule has 2 aromatic heterocycles. The van der Waals surface area contributed by atoms with Gasteiger partial charge in [0.15, 0.2) is 5.65 Å². The van der Waals surface area contributed by atoms with Crippen LogP contribution in [0.2, 0.25) is 0 Å². The van der Waals surface area contributed by atoms with Gasteiger partial charge in [0.25, 0.3) is 0 Å². The highest BCUT2D eigenvalue weighted by atomic mass is 32.2. The van der Waals surface area contributed by atoms with Gasteiger partial charge in [0, 0.05) is 5.75 Å². The Morgan fingerprint density at radius 1 is 1.20 bits per heavy atom. The topological polar surface area (TPSA) is 54.5 Å². The molecular formula is C15H12N4S. The van der Waals surface area contributed by atoms with Crippen molar-refractivity contribution in [2.24, 2.45) is 0 Å². The zero-order valence-electron chi connectivity index (χ0n) is 10.7. The Morgan fingerprint density at radius 2 is 2.20 bits per heavy atom. The highest BCUT2D eigenvalue weighted by molar-refractivity contribution is 7.98. The summed E-state index contributed by atoms with van der Waals surface area (Å²) in [4.78, 5) is 15.7. The van der Waals surface area contributed by atoms with Crippen LogP contribution in [0, 0.1) is 0 Å². The third kappa shape index (κ3) is 2.00. The van der Waals surface area contributed by atoms with Gasteiger partial charge in [0.05, 0.1) is 6.33 Å². The molecule has 0 saturated carbocycles. The van der Waals surface area contributed by atoms with E-state index in [1.165, 1.54) is 16.7 Å². The number of hydrogen-bond donors (Lipinski definition) is 1. The fourth-order valence-corrected chi connectivity index (χ4v) is 3.29. The molecule has 0 aliphatic heterocycles. The molecule has 0 amide bonds. The summed E-state index contributed by atoms with van der Waals surface area (Å²) in [6.07, 6.45) is 8.69. The van der Waals surface area contributed by atoms with Gasteiger partial charge in [-0.1, -0.05) is 42.1 Å². The van der Waals surface area contributed by atoms with Crippen molar-refractivity contribution in [1.29, 1.82) is 0 Å². The van der Waals surface area contributed by atoms with Crippen molar-refractivity contribution in [3.05, 3.63) is 53.6 Å². The summed E-state index contributed by atoms with van der Waals surface area (Å²) < 4.78 is 0. The van der Waals surface area contributed by atoms with Crippen molar-refractivity contribution in [2.75, 3.05) is 0 Å². The van der Waals surface area contributed by atoms with Gasteiger partial charge < -0.3 is 4.98 Å². The molecule has 1 aromatic carbocycles. The largest absolute Gasteiger partial charge is 0.341 e. The van der Waals surface area contributed by atoms with Crippen LogP contribution in [-0.2, 0) is 12.2 Å². The quantitative estimate of drug-likeness (QED) is 0.591. The zero-order chi connectivity index (χ0) is 13.4.